The van der Waals surface area contributed by atoms with E-state index in [9.17, 15) is 22.4 Å². The van der Waals surface area contributed by atoms with Crippen molar-refractivity contribution in [3.05, 3.63) is 77.1 Å². The molecule has 0 aromatic heterocycles. The van der Waals surface area contributed by atoms with Gasteiger partial charge in [0.05, 0.1) is 5.56 Å². The Hall–Kier alpha value is -2.63. The second kappa shape index (κ2) is 7.09. The van der Waals surface area contributed by atoms with Gasteiger partial charge in [0.15, 0.2) is 0 Å². The molecular weight excluding hydrogens is 310 g/mol. The van der Waals surface area contributed by atoms with Gasteiger partial charge in [-0.25, -0.2) is 4.39 Å². The van der Waals surface area contributed by atoms with E-state index < -0.39 is 17.6 Å². The topological polar surface area (TPSA) is 29.1 Å². The SMILES string of the molecule is O=C(C=Cc1cccc(C(F)(F)F)c1)NCc1ccc(F)cc1. The van der Waals surface area contributed by atoms with Gasteiger partial charge in [0, 0.05) is 12.6 Å². The van der Waals surface area contributed by atoms with Gasteiger partial charge in [0.1, 0.15) is 5.82 Å². The number of hydrogen-bond acceptors (Lipinski definition) is 1. The number of rotatable bonds is 4. The third-order valence-electron chi connectivity index (χ3n) is 3.02. The van der Waals surface area contributed by atoms with Crippen LogP contribution in [0.5, 0.6) is 0 Å². The van der Waals surface area contributed by atoms with Crippen molar-refractivity contribution in [1.82, 2.24) is 5.32 Å². The zero-order valence-corrected chi connectivity index (χ0v) is 11.9. The first kappa shape index (κ1) is 16.7. The second-order valence-electron chi connectivity index (χ2n) is 4.80. The third kappa shape index (κ3) is 5.25. The summed E-state index contributed by atoms with van der Waals surface area (Å²) in [6.07, 6.45) is -1.97. The van der Waals surface area contributed by atoms with Crippen LogP contribution in [0.4, 0.5) is 17.6 Å². The van der Waals surface area contributed by atoms with Crippen molar-refractivity contribution in [2.45, 2.75) is 12.7 Å². The van der Waals surface area contributed by atoms with Gasteiger partial charge in [-0.2, -0.15) is 13.2 Å². The molecule has 2 rings (SSSR count). The number of amides is 1. The number of halogens is 4. The van der Waals surface area contributed by atoms with Gasteiger partial charge in [-0.15, -0.1) is 0 Å². The molecule has 0 heterocycles. The number of carbonyl (C=O) groups excluding carboxylic acids is 1. The molecule has 0 unspecified atom stereocenters. The summed E-state index contributed by atoms with van der Waals surface area (Å²) in [6.45, 7) is 0.200. The molecule has 0 bridgehead atoms. The van der Waals surface area contributed by atoms with Crippen LogP contribution in [0.2, 0.25) is 0 Å². The fourth-order valence-electron chi connectivity index (χ4n) is 1.84. The molecule has 0 aliphatic heterocycles. The van der Waals surface area contributed by atoms with Crippen LogP contribution in [0.15, 0.2) is 54.6 Å². The van der Waals surface area contributed by atoms with Crippen molar-refractivity contribution in [3.63, 3.8) is 0 Å². The molecule has 0 atom stereocenters. The van der Waals surface area contributed by atoms with Gasteiger partial charge < -0.3 is 5.32 Å². The largest absolute Gasteiger partial charge is 0.416 e. The average Bonchev–Trinajstić information content (AvgIpc) is 2.52. The Balaban J connectivity index is 1.94. The van der Waals surface area contributed by atoms with Crippen LogP contribution < -0.4 is 5.32 Å². The fourth-order valence-corrected chi connectivity index (χ4v) is 1.84. The fraction of sp³-hybridized carbons (Fsp3) is 0.118. The lowest BCUT2D eigenvalue weighted by Gasteiger charge is -2.06. The minimum atomic E-state index is -4.42. The Kier molecular flexibility index (Phi) is 5.16. The van der Waals surface area contributed by atoms with Gasteiger partial charge in [0.2, 0.25) is 5.91 Å². The van der Waals surface area contributed by atoms with Crippen LogP contribution in [0.1, 0.15) is 16.7 Å². The van der Waals surface area contributed by atoms with Crippen molar-refractivity contribution < 1.29 is 22.4 Å². The van der Waals surface area contributed by atoms with Crippen LogP contribution in [0, 0.1) is 5.82 Å². The predicted molar refractivity (Wildman–Crippen MR) is 78.7 cm³/mol. The molecule has 0 spiro atoms. The van der Waals surface area contributed by atoms with Crippen molar-refractivity contribution in [2.75, 3.05) is 0 Å². The zero-order valence-electron chi connectivity index (χ0n) is 11.9. The minimum Gasteiger partial charge on any atom is -0.348 e. The van der Waals surface area contributed by atoms with Crippen LogP contribution in [0.25, 0.3) is 6.08 Å². The third-order valence-corrected chi connectivity index (χ3v) is 3.02. The van der Waals surface area contributed by atoms with Crippen LogP contribution in [-0.2, 0) is 17.5 Å². The Labute approximate surface area is 130 Å². The number of carbonyl (C=O) groups is 1. The maximum Gasteiger partial charge on any atom is 0.416 e. The summed E-state index contributed by atoms with van der Waals surface area (Å²) in [6, 6.07) is 10.3. The van der Waals surface area contributed by atoms with Gasteiger partial charge >= 0.3 is 6.18 Å². The van der Waals surface area contributed by atoms with Gasteiger partial charge in [-0.05, 0) is 41.5 Å². The summed E-state index contributed by atoms with van der Waals surface area (Å²) in [5.74, 6) is -0.823. The summed E-state index contributed by atoms with van der Waals surface area (Å²) < 4.78 is 50.5. The minimum absolute atomic E-state index is 0.200. The lowest BCUT2D eigenvalue weighted by atomic mass is 10.1. The zero-order chi connectivity index (χ0) is 16.9. The summed E-state index contributed by atoms with van der Waals surface area (Å²) >= 11 is 0. The lowest BCUT2D eigenvalue weighted by Crippen LogP contribution is -2.20. The molecule has 1 amide bonds. The first-order chi connectivity index (χ1) is 10.8. The molecule has 1 N–H and O–H groups in total. The van der Waals surface area contributed by atoms with E-state index in [2.05, 4.69) is 5.32 Å². The van der Waals surface area contributed by atoms with E-state index in [0.29, 0.717) is 5.56 Å². The number of benzene rings is 2. The highest BCUT2D eigenvalue weighted by Crippen LogP contribution is 2.29. The lowest BCUT2D eigenvalue weighted by molar-refractivity contribution is -0.137. The Morgan fingerprint density at radius 1 is 1.09 bits per heavy atom. The maximum atomic E-state index is 12.7. The predicted octanol–water partition coefficient (Wildman–Crippen LogP) is 4.17. The van der Waals surface area contributed by atoms with E-state index in [1.807, 2.05) is 0 Å². The molecule has 2 nitrogen and oxygen atoms in total. The molecule has 2 aromatic rings. The normalized spacial score (nSPS) is 11.7. The standard InChI is InChI=1S/C17H13F4NO/c18-15-7-4-13(5-8-15)11-22-16(23)9-6-12-2-1-3-14(10-12)17(19,20)21/h1-10H,11H2,(H,22,23). The Morgan fingerprint density at radius 2 is 1.78 bits per heavy atom. The van der Waals surface area contributed by atoms with E-state index in [1.165, 1.54) is 42.5 Å². The molecule has 0 fully saturated rings. The van der Waals surface area contributed by atoms with E-state index in [1.54, 1.807) is 0 Å². The quantitative estimate of drug-likeness (QED) is 0.664. The summed E-state index contributed by atoms with van der Waals surface area (Å²) in [5.41, 5.74) is 0.218. The summed E-state index contributed by atoms with van der Waals surface area (Å²) in [5, 5.41) is 2.56. The smallest absolute Gasteiger partial charge is 0.348 e. The Bertz CT molecular complexity index is 705. The van der Waals surface area contributed by atoms with E-state index in [4.69, 9.17) is 0 Å². The van der Waals surface area contributed by atoms with Crippen molar-refractivity contribution in [3.8, 4) is 0 Å². The first-order valence-corrected chi connectivity index (χ1v) is 6.72. The molecule has 0 radical (unpaired) electrons. The second-order valence-corrected chi connectivity index (χ2v) is 4.80. The molecule has 0 aliphatic rings. The van der Waals surface area contributed by atoms with E-state index in [-0.39, 0.29) is 17.9 Å². The monoisotopic (exact) mass is 323 g/mol. The summed E-state index contributed by atoms with van der Waals surface area (Å²) in [4.78, 5) is 11.6. The number of hydrogen-bond donors (Lipinski definition) is 1. The van der Waals surface area contributed by atoms with Crippen LogP contribution >= 0.6 is 0 Å². The molecular formula is C17H13F4NO. The van der Waals surface area contributed by atoms with Crippen molar-refractivity contribution in [2.24, 2.45) is 0 Å². The number of alkyl halides is 3. The van der Waals surface area contributed by atoms with Gasteiger partial charge in [-0.3, -0.25) is 4.79 Å². The van der Waals surface area contributed by atoms with E-state index >= 15 is 0 Å². The van der Waals surface area contributed by atoms with E-state index in [0.717, 1.165) is 18.2 Å². The molecule has 0 saturated heterocycles. The molecule has 23 heavy (non-hydrogen) atoms. The van der Waals surface area contributed by atoms with Crippen molar-refractivity contribution in [1.29, 1.82) is 0 Å². The van der Waals surface area contributed by atoms with Gasteiger partial charge in [-0.1, -0.05) is 24.3 Å². The highest BCUT2D eigenvalue weighted by atomic mass is 19.4. The Morgan fingerprint density at radius 3 is 2.43 bits per heavy atom. The van der Waals surface area contributed by atoms with Crippen molar-refractivity contribution >= 4 is 12.0 Å². The average molecular weight is 323 g/mol. The molecule has 2 aromatic carbocycles. The number of nitrogens with one attached hydrogen (secondary N) is 1. The highest BCUT2D eigenvalue weighted by molar-refractivity contribution is 5.91. The van der Waals surface area contributed by atoms with Crippen LogP contribution in [0.3, 0.4) is 0 Å². The molecule has 0 saturated carbocycles. The molecule has 0 aliphatic carbocycles. The van der Waals surface area contributed by atoms with Crippen LogP contribution in [-0.4, -0.2) is 5.91 Å². The first-order valence-electron chi connectivity index (χ1n) is 6.72. The van der Waals surface area contributed by atoms with Gasteiger partial charge in [0.25, 0.3) is 0 Å². The molecule has 120 valence electrons. The summed E-state index contributed by atoms with van der Waals surface area (Å²) in [7, 11) is 0. The molecule has 6 heteroatoms. The highest BCUT2D eigenvalue weighted by Gasteiger charge is 2.30. The maximum absolute atomic E-state index is 12.7.